The van der Waals surface area contributed by atoms with E-state index in [-0.39, 0.29) is 5.41 Å². The Kier molecular flexibility index (Phi) is 3.15. The molecule has 3 nitrogen and oxygen atoms in total. The molecule has 1 aromatic heterocycles. The van der Waals surface area contributed by atoms with Crippen LogP contribution >= 0.6 is 0 Å². The Labute approximate surface area is 125 Å². The number of aromatic nitrogens is 1. The molecule has 1 aliphatic heterocycles. The van der Waals surface area contributed by atoms with Crippen molar-refractivity contribution in [1.82, 2.24) is 4.98 Å². The molecule has 0 bridgehead atoms. The first-order valence-corrected chi connectivity index (χ1v) is 7.73. The molecule has 3 heteroatoms. The van der Waals surface area contributed by atoms with Gasteiger partial charge in [0.1, 0.15) is 5.82 Å². The van der Waals surface area contributed by atoms with Crippen LogP contribution in [0.4, 0.5) is 5.82 Å². The van der Waals surface area contributed by atoms with Gasteiger partial charge in [0.25, 0.3) is 0 Å². The van der Waals surface area contributed by atoms with Crippen LogP contribution in [0, 0.1) is 0 Å². The quantitative estimate of drug-likeness (QED) is 0.864. The van der Waals surface area contributed by atoms with Crippen LogP contribution in [0.25, 0.3) is 0 Å². The highest BCUT2D eigenvalue weighted by Crippen LogP contribution is 2.53. The topological polar surface area (TPSA) is 25.4 Å². The molecule has 21 heavy (non-hydrogen) atoms. The van der Waals surface area contributed by atoms with Crippen molar-refractivity contribution in [2.45, 2.75) is 18.3 Å². The maximum absolute atomic E-state index is 5.43. The summed E-state index contributed by atoms with van der Waals surface area (Å²) in [5.41, 5.74) is 3.07. The molecule has 108 valence electrons. The lowest BCUT2D eigenvalue weighted by Gasteiger charge is -2.28. The number of anilines is 1. The molecule has 0 radical (unpaired) electrons. The summed E-state index contributed by atoms with van der Waals surface area (Å²) in [6, 6.07) is 15.3. The fourth-order valence-corrected chi connectivity index (χ4v) is 3.31. The molecule has 2 heterocycles. The molecule has 0 amide bonds. The molecular weight excluding hydrogens is 260 g/mol. The molecule has 2 fully saturated rings. The Hall–Kier alpha value is -1.87. The van der Waals surface area contributed by atoms with E-state index in [4.69, 9.17) is 4.74 Å². The van der Waals surface area contributed by atoms with Gasteiger partial charge in [0.05, 0.1) is 13.2 Å². The van der Waals surface area contributed by atoms with E-state index in [0.717, 1.165) is 32.1 Å². The van der Waals surface area contributed by atoms with E-state index in [1.807, 2.05) is 6.20 Å². The van der Waals surface area contributed by atoms with Crippen LogP contribution in [-0.4, -0.2) is 31.3 Å². The lowest BCUT2D eigenvalue weighted by Crippen LogP contribution is -2.36. The van der Waals surface area contributed by atoms with Crippen molar-refractivity contribution in [3.05, 3.63) is 59.8 Å². The molecule has 0 spiro atoms. The predicted molar refractivity (Wildman–Crippen MR) is 83.7 cm³/mol. The summed E-state index contributed by atoms with van der Waals surface area (Å²) in [4.78, 5) is 6.90. The molecule has 0 atom stereocenters. The molecule has 1 aliphatic carbocycles. The minimum Gasteiger partial charge on any atom is -0.378 e. The van der Waals surface area contributed by atoms with Crippen molar-refractivity contribution >= 4 is 5.82 Å². The molecule has 1 saturated heterocycles. The highest BCUT2D eigenvalue weighted by Gasteiger charge is 2.45. The second-order valence-electron chi connectivity index (χ2n) is 5.95. The van der Waals surface area contributed by atoms with Crippen LogP contribution < -0.4 is 4.90 Å². The lowest BCUT2D eigenvalue weighted by atomic mass is 9.88. The average Bonchev–Trinajstić information content (AvgIpc) is 3.39. The van der Waals surface area contributed by atoms with Crippen LogP contribution in [0.1, 0.15) is 24.0 Å². The maximum Gasteiger partial charge on any atom is 0.128 e. The van der Waals surface area contributed by atoms with Gasteiger partial charge in [-0.1, -0.05) is 30.3 Å². The minimum absolute atomic E-state index is 0.227. The highest BCUT2D eigenvalue weighted by atomic mass is 16.5. The zero-order chi connectivity index (χ0) is 14.1. The van der Waals surface area contributed by atoms with E-state index in [1.54, 1.807) is 0 Å². The number of hydrogen-bond acceptors (Lipinski definition) is 3. The average molecular weight is 280 g/mol. The van der Waals surface area contributed by atoms with Crippen LogP contribution in [-0.2, 0) is 10.2 Å². The van der Waals surface area contributed by atoms with Gasteiger partial charge in [0.2, 0.25) is 0 Å². The van der Waals surface area contributed by atoms with Gasteiger partial charge in [0, 0.05) is 24.7 Å². The van der Waals surface area contributed by atoms with Gasteiger partial charge in [-0.2, -0.15) is 0 Å². The van der Waals surface area contributed by atoms with Gasteiger partial charge >= 0.3 is 0 Å². The molecule has 4 rings (SSSR count). The summed E-state index contributed by atoms with van der Waals surface area (Å²) < 4.78 is 5.43. The van der Waals surface area contributed by atoms with Crippen LogP contribution in [0.2, 0.25) is 0 Å². The summed E-state index contributed by atoms with van der Waals surface area (Å²) in [5, 5.41) is 0. The Bertz CT molecular complexity index is 616. The first-order chi connectivity index (χ1) is 10.4. The van der Waals surface area contributed by atoms with E-state index < -0.39 is 0 Å². The van der Waals surface area contributed by atoms with Gasteiger partial charge in [-0.05, 0) is 36.1 Å². The Morgan fingerprint density at radius 1 is 0.952 bits per heavy atom. The number of benzene rings is 1. The smallest absolute Gasteiger partial charge is 0.128 e. The second kappa shape index (κ2) is 5.15. The van der Waals surface area contributed by atoms with Crippen molar-refractivity contribution in [2.24, 2.45) is 0 Å². The number of rotatable bonds is 3. The zero-order valence-corrected chi connectivity index (χ0v) is 12.2. The monoisotopic (exact) mass is 280 g/mol. The maximum atomic E-state index is 5.43. The van der Waals surface area contributed by atoms with E-state index in [0.29, 0.717) is 0 Å². The number of pyridine rings is 1. The minimum atomic E-state index is 0.227. The standard InChI is InChI=1S/C18H20N2O/c1-2-4-15(5-3-1)18(7-8-18)16-6-9-19-17(14-16)20-10-12-21-13-11-20/h1-6,9,14H,7-8,10-13H2. The van der Waals surface area contributed by atoms with Gasteiger partial charge in [-0.3, -0.25) is 0 Å². The molecule has 0 unspecified atom stereocenters. The van der Waals surface area contributed by atoms with Crippen molar-refractivity contribution in [3.63, 3.8) is 0 Å². The van der Waals surface area contributed by atoms with Crippen LogP contribution in [0.15, 0.2) is 48.7 Å². The SMILES string of the molecule is c1ccc(C2(c3ccnc(N4CCOCC4)c3)CC2)cc1. The zero-order valence-electron chi connectivity index (χ0n) is 12.2. The molecule has 0 N–H and O–H groups in total. The van der Waals surface area contributed by atoms with E-state index in [9.17, 15) is 0 Å². The molecular formula is C18H20N2O. The summed E-state index contributed by atoms with van der Waals surface area (Å²) in [7, 11) is 0. The summed E-state index contributed by atoms with van der Waals surface area (Å²) in [6.07, 6.45) is 4.44. The first kappa shape index (κ1) is 12.8. The van der Waals surface area contributed by atoms with Gasteiger partial charge < -0.3 is 9.64 Å². The third kappa shape index (κ3) is 2.32. The highest BCUT2D eigenvalue weighted by molar-refractivity contribution is 5.50. The number of morpholine rings is 1. The lowest BCUT2D eigenvalue weighted by molar-refractivity contribution is 0.122. The third-order valence-corrected chi connectivity index (χ3v) is 4.71. The van der Waals surface area contributed by atoms with Crippen molar-refractivity contribution in [3.8, 4) is 0 Å². The largest absolute Gasteiger partial charge is 0.378 e. The summed E-state index contributed by atoms with van der Waals surface area (Å²) in [6.45, 7) is 3.48. The van der Waals surface area contributed by atoms with E-state index in [1.165, 1.54) is 24.0 Å². The molecule has 2 aromatic rings. The number of hydrogen-bond donors (Lipinski definition) is 0. The Morgan fingerprint density at radius 2 is 1.71 bits per heavy atom. The second-order valence-corrected chi connectivity index (χ2v) is 5.95. The molecule has 2 aliphatic rings. The normalized spacial score (nSPS) is 20.3. The van der Waals surface area contributed by atoms with E-state index >= 15 is 0 Å². The number of nitrogens with zero attached hydrogens (tertiary/aromatic N) is 2. The van der Waals surface area contributed by atoms with Crippen molar-refractivity contribution in [2.75, 3.05) is 31.2 Å². The summed E-state index contributed by atoms with van der Waals surface area (Å²) in [5.74, 6) is 1.10. The van der Waals surface area contributed by atoms with Gasteiger partial charge in [-0.15, -0.1) is 0 Å². The fourth-order valence-electron chi connectivity index (χ4n) is 3.31. The number of ether oxygens (including phenoxy) is 1. The van der Waals surface area contributed by atoms with Gasteiger partial charge in [-0.25, -0.2) is 4.98 Å². The van der Waals surface area contributed by atoms with Gasteiger partial charge in [0.15, 0.2) is 0 Å². The van der Waals surface area contributed by atoms with Crippen LogP contribution in [0.3, 0.4) is 0 Å². The van der Waals surface area contributed by atoms with Crippen molar-refractivity contribution in [1.29, 1.82) is 0 Å². The molecule has 1 aromatic carbocycles. The summed E-state index contributed by atoms with van der Waals surface area (Å²) >= 11 is 0. The first-order valence-electron chi connectivity index (χ1n) is 7.73. The van der Waals surface area contributed by atoms with Crippen LogP contribution in [0.5, 0.6) is 0 Å². The Morgan fingerprint density at radius 3 is 2.43 bits per heavy atom. The third-order valence-electron chi connectivity index (χ3n) is 4.71. The fraction of sp³-hybridized carbons (Fsp3) is 0.389. The Balaban J connectivity index is 1.67. The van der Waals surface area contributed by atoms with E-state index in [2.05, 4.69) is 52.3 Å². The predicted octanol–water partition coefficient (Wildman–Crippen LogP) is 3.00. The van der Waals surface area contributed by atoms with Crippen molar-refractivity contribution < 1.29 is 4.74 Å². The molecule has 1 saturated carbocycles.